The second-order valence-corrected chi connectivity index (χ2v) is 6.11. The zero-order valence-electron chi connectivity index (χ0n) is 10.1. The highest BCUT2D eigenvalue weighted by molar-refractivity contribution is 7.92. The van der Waals surface area contributed by atoms with Crippen molar-refractivity contribution in [3.05, 3.63) is 47.7 Å². The molecule has 1 aromatic carbocycles. The van der Waals surface area contributed by atoms with Crippen LogP contribution in [0.2, 0.25) is 5.15 Å². The highest BCUT2D eigenvalue weighted by atomic mass is 35.5. The monoisotopic (exact) mass is 337 g/mol. The number of pyridine rings is 1. The molecule has 0 aliphatic heterocycles. The molecule has 1 aromatic heterocycles. The Kier molecular flexibility index (Phi) is 4.11. The van der Waals surface area contributed by atoms with Gasteiger partial charge in [0.1, 0.15) is 21.5 Å². The second-order valence-electron chi connectivity index (χ2n) is 3.81. The van der Waals surface area contributed by atoms with Crippen LogP contribution in [0.15, 0.2) is 47.5 Å². The zero-order chi connectivity index (χ0) is 15.7. The number of para-hydroxylation sites is 1. The van der Waals surface area contributed by atoms with Gasteiger partial charge < -0.3 is 4.74 Å². The van der Waals surface area contributed by atoms with Crippen LogP contribution in [0.5, 0.6) is 11.5 Å². The molecule has 0 spiro atoms. The number of rotatable bonds is 3. The van der Waals surface area contributed by atoms with Gasteiger partial charge in [-0.2, -0.15) is 13.2 Å². The molecule has 4 nitrogen and oxygen atoms in total. The van der Waals surface area contributed by atoms with Crippen molar-refractivity contribution in [3.63, 3.8) is 0 Å². The van der Waals surface area contributed by atoms with E-state index in [-0.39, 0.29) is 10.9 Å². The van der Waals surface area contributed by atoms with E-state index in [4.69, 9.17) is 16.3 Å². The Morgan fingerprint density at radius 2 is 1.76 bits per heavy atom. The zero-order valence-corrected chi connectivity index (χ0v) is 11.7. The van der Waals surface area contributed by atoms with Crippen molar-refractivity contribution in [1.29, 1.82) is 0 Å². The van der Waals surface area contributed by atoms with Gasteiger partial charge in [0, 0.05) is 0 Å². The Balaban J connectivity index is 2.45. The second kappa shape index (κ2) is 5.53. The fraction of sp³-hybridized carbons (Fsp3) is 0.0833. The SMILES string of the molecule is O=S(=O)(c1ccccc1Oc1ccc(Cl)nc1)C(F)(F)F. The Morgan fingerprint density at radius 3 is 2.33 bits per heavy atom. The van der Waals surface area contributed by atoms with Gasteiger partial charge in [0.05, 0.1) is 6.20 Å². The van der Waals surface area contributed by atoms with Crippen molar-refractivity contribution in [2.24, 2.45) is 0 Å². The molecular weight excluding hydrogens is 331 g/mol. The van der Waals surface area contributed by atoms with Gasteiger partial charge in [-0.3, -0.25) is 0 Å². The van der Waals surface area contributed by atoms with Gasteiger partial charge in [0.2, 0.25) is 0 Å². The van der Waals surface area contributed by atoms with Gasteiger partial charge in [0.25, 0.3) is 9.84 Å². The quantitative estimate of drug-likeness (QED) is 0.799. The number of nitrogens with zero attached hydrogens (tertiary/aromatic N) is 1. The molecule has 0 N–H and O–H groups in total. The lowest BCUT2D eigenvalue weighted by atomic mass is 10.3. The first-order chi connectivity index (χ1) is 9.72. The van der Waals surface area contributed by atoms with Crippen molar-refractivity contribution in [3.8, 4) is 11.5 Å². The summed E-state index contributed by atoms with van der Waals surface area (Å²) in [5.74, 6) is -0.386. The van der Waals surface area contributed by atoms with Gasteiger partial charge in [-0.05, 0) is 24.3 Å². The Bertz CT molecular complexity index is 745. The highest BCUT2D eigenvalue weighted by Gasteiger charge is 2.48. The maximum absolute atomic E-state index is 12.6. The first-order valence-electron chi connectivity index (χ1n) is 5.41. The molecule has 0 aliphatic carbocycles. The standard InChI is InChI=1S/C12H7ClF3NO3S/c13-11-6-5-8(7-17-11)20-9-3-1-2-4-10(9)21(18,19)12(14,15)16/h1-7H. The van der Waals surface area contributed by atoms with Crippen LogP contribution in [-0.4, -0.2) is 18.9 Å². The number of hydrogen-bond acceptors (Lipinski definition) is 4. The molecule has 2 rings (SSSR count). The Hall–Kier alpha value is -1.80. The van der Waals surface area contributed by atoms with Crippen molar-refractivity contribution in [1.82, 2.24) is 4.98 Å². The van der Waals surface area contributed by atoms with Crippen LogP contribution in [-0.2, 0) is 9.84 Å². The van der Waals surface area contributed by atoms with Crippen molar-refractivity contribution in [2.45, 2.75) is 10.4 Å². The van der Waals surface area contributed by atoms with Crippen LogP contribution in [0.4, 0.5) is 13.2 Å². The Labute approximate surface area is 123 Å². The molecule has 0 saturated heterocycles. The molecule has 112 valence electrons. The lowest BCUT2D eigenvalue weighted by Gasteiger charge is -2.13. The van der Waals surface area contributed by atoms with E-state index in [1.165, 1.54) is 30.5 Å². The van der Waals surface area contributed by atoms with Gasteiger partial charge in [-0.15, -0.1) is 0 Å². The molecule has 0 amide bonds. The number of halogens is 4. The van der Waals surface area contributed by atoms with Crippen LogP contribution in [0.1, 0.15) is 0 Å². The topological polar surface area (TPSA) is 56.3 Å². The van der Waals surface area contributed by atoms with Crippen LogP contribution >= 0.6 is 11.6 Å². The number of aromatic nitrogens is 1. The average Bonchev–Trinajstić information content (AvgIpc) is 2.40. The van der Waals surface area contributed by atoms with Gasteiger partial charge in [0.15, 0.2) is 0 Å². The van der Waals surface area contributed by atoms with Gasteiger partial charge >= 0.3 is 5.51 Å². The highest BCUT2D eigenvalue weighted by Crippen LogP contribution is 2.36. The normalized spacial score (nSPS) is 12.2. The molecule has 0 aliphatic rings. The molecule has 21 heavy (non-hydrogen) atoms. The lowest BCUT2D eigenvalue weighted by molar-refractivity contribution is -0.0436. The minimum atomic E-state index is -5.51. The summed E-state index contributed by atoms with van der Waals surface area (Å²) in [7, 11) is -5.51. The fourth-order valence-electron chi connectivity index (χ4n) is 1.43. The lowest BCUT2D eigenvalue weighted by Crippen LogP contribution is -2.23. The molecule has 0 saturated carbocycles. The number of sulfone groups is 1. The molecule has 2 aromatic rings. The van der Waals surface area contributed by atoms with Crippen molar-refractivity contribution in [2.75, 3.05) is 0 Å². The van der Waals surface area contributed by atoms with E-state index in [1.54, 1.807) is 0 Å². The van der Waals surface area contributed by atoms with Crippen LogP contribution < -0.4 is 4.74 Å². The van der Waals surface area contributed by atoms with Crippen LogP contribution in [0.25, 0.3) is 0 Å². The molecule has 0 unspecified atom stereocenters. The van der Waals surface area contributed by atoms with Crippen molar-refractivity contribution >= 4 is 21.4 Å². The smallest absolute Gasteiger partial charge is 0.454 e. The predicted octanol–water partition coefficient (Wildman–Crippen LogP) is 3.82. The number of alkyl halides is 3. The summed E-state index contributed by atoms with van der Waals surface area (Å²) in [6.45, 7) is 0. The van der Waals surface area contributed by atoms with E-state index >= 15 is 0 Å². The van der Waals surface area contributed by atoms with Gasteiger partial charge in [-0.1, -0.05) is 23.7 Å². The maximum atomic E-state index is 12.6. The Morgan fingerprint density at radius 1 is 1.10 bits per heavy atom. The molecule has 0 fully saturated rings. The first-order valence-corrected chi connectivity index (χ1v) is 7.28. The summed E-state index contributed by atoms with van der Waals surface area (Å²) in [6.07, 6.45) is 1.17. The molecule has 0 bridgehead atoms. The minimum Gasteiger partial charge on any atom is -0.454 e. The van der Waals surface area contributed by atoms with Crippen LogP contribution in [0, 0.1) is 0 Å². The predicted molar refractivity (Wildman–Crippen MR) is 69.0 cm³/mol. The number of ether oxygens (including phenoxy) is 1. The largest absolute Gasteiger partial charge is 0.502 e. The third kappa shape index (κ3) is 3.27. The maximum Gasteiger partial charge on any atom is 0.502 e. The third-order valence-electron chi connectivity index (χ3n) is 2.37. The third-order valence-corrected chi connectivity index (χ3v) is 4.12. The van der Waals surface area contributed by atoms with Crippen LogP contribution in [0.3, 0.4) is 0 Å². The van der Waals surface area contributed by atoms with Gasteiger partial charge in [-0.25, -0.2) is 13.4 Å². The average molecular weight is 338 g/mol. The molecule has 0 radical (unpaired) electrons. The van der Waals surface area contributed by atoms with E-state index in [0.29, 0.717) is 0 Å². The van der Waals surface area contributed by atoms with Crippen molar-refractivity contribution < 1.29 is 26.3 Å². The minimum absolute atomic E-state index is 0.0595. The summed E-state index contributed by atoms with van der Waals surface area (Å²) in [4.78, 5) is 2.72. The van der Waals surface area contributed by atoms with E-state index in [0.717, 1.165) is 12.1 Å². The molecule has 9 heteroatoms. The summed E-state index contributed by atoms with van der Waals surface area (Å²) in [5, 5.41) is 0.165. The molecule has 0 atom stereocenters. The summed E-state index contributed by atoms with van der Waals surface area (Å²) in [5.41, 5.74) is -5.41. The molecule has 1 heterocycles. The number of benzene rings is 1. The van der Waals surface area contributed by atoms with E-state index < -0.39 is 26.0 Å². The summed E-state index contributed by atoms with van der Waals surface area (Å²) < 4.78 is 66.0. The first kappa shape index (κ1) is 15.6. The summed E-state index contributed by atoms with van der Waals surface area (Å²) in [6, 6.07) is 7.18. The van der Waals surface area contributed by atoms with E-state index in [2.05, 4.69) is 4.98 Å². The van der Waals surface area contributed by atoms with E-state index in [1.807, 2.05) is 0 Å². The fourth-order valence-corrected chi connectivity index (χ4v) is 2.42. The number of hydrogen-bond donors (Lipinski definition) is 0. The summed E-state index contributed by atoms with van der Waals surface area (Å²) >= 11 is 5.57. The van der Waals surface area contributed by atoms with E-state index in [9.17, 15) is 21.6 Å². The molecular formula is C12H7ClF3NO3S.